The number of hydrogen-bond acceptors (Lipinski definition) is 6. The lowest BCUT2D eigenvalue weighted by Gasteiger charge is -2.32. The number of carbonyl (C=O) groups is 4. The summed E-state index contributed by atoms with van der Waals surface area (Å²) in [5.41, 5.74) is 2.33. The van der Waals surface area contributed by atoms with E-state index in [0.717, 1.165) is 57.8 Å². The Kier molecular flexibility index (Phi) is 15.2. The van der Waals surface area contributed by atoms with Crippen LogP contribution in [0.3, 0.4) is 0 Å². The van der Waals surface area contributed by atoms with E-state index < -0.39 is 5.97 Å². The van der Waals surface area contributed by atoms with Crippen molar-refractivity contribution < 1.29 is 28.7 Å². The van der Waals surface area contributed by atoms with Gasteiger partial charge in [-0.15, -0.1) is 0 Å². The predicted molar refractivity (Wildman–Crippen MR) is 186 cm³/mol. The number of halogens is 1. The van der Waals surface area contributed by atoms with Crippen LogP contribution in [0.1, 0.15) is 155 Å². The largest absolute Gasteiger partial charge is 0.466 e. The molecular formula is C40H51ClO6. The summed E-state index contributed by atoms with van der Waals surface area (Å²) < 4.78 is 10.7. The Labute approximate surface area is 285 Å². The van der Waals surface area contributed by atoms with Crippen molar-refractivity contribution in [3.63, 3.8) is 0 Å². The fraction of sp³-hybridized carbons (Fsp3) is 0.550. The fourth-order valence-corrected chi connectivity index (χ4v) is 7.12. The lowest BCUT2D eigenvalue weighted by Crippen LogP contribution is -2.30. The second-order valence-electron chi connectivity index (χ2n) is 13.1. The summed E-state index contributed by atoms with van der Waals surface area (Å²) in [6.45, 7) is 2.30. The molecule has 0 saturated heterocycles. The molecule has 0 unspecified atom stereocenters. The van der Waals surface area contributed by atoms with Crippen molar-refractivity contribution in [2.45, 2.75) is 128 Å². The van der Waals surface area contributed by atoms with E-state index in [-0.39, 0.29) is 35.6 Å². The number of fused-ring (bicyclic) bond motifs is 1. The highest BCUT2D eigenvalue weighted by Crippen LogP contribution is 2.42. The van der Waals surface area contributed by atoms with Gasteiger partial charge in [0, 0.05) is 29.0 Å². The second-order valence-corrected chi connectivity index (χ2v) is 13.5. The molecule has 254 valence electrons. The fourth-order valence-electron chi connectivity index (χ4n) is 7.00. The highest BCUT2D eigenvalue weighted by Gasteiger charge is 2.39. The molecule has 2 aromatic rings. The average molecular weight is 663 g/mol. The highest BCUT2D eigenvalue weighted by molar-refractivity contribution is 6.30. The Morgan fingerprint density at radius 2 is 1.11 bits per heavy atom. The van der Waals surface area contributed by atoms with E-state index >= 15 is 0 Å². The van der Waals surface area contributed by atoms with Crippen LogP contribution in [-0.4, -0.2) is 30.1 Å². The first kappa shape index (κ1) is 36.6. The molecular weight excluding hydrogens is 612 g/mol. The SMILES string of the molecule is CCOC(=O)CCCCCCCCCCCCCCC(=O)OC1=C(C2CCC(c3ccc(Cl)cc3)CC2)C(=O)c2ccccc2C1=O. The standard InChI is InChI=1S/C40H51ClO6/c1-2-46-35(42)19-13-11-9-7-5-3-4-6-8-10-12-14-20-36(43)47-40-37(38(44)33-17-15-16-18-34(33)39(40)45)31-23-21-29(22-24-31)30-25-27-32(41)28-26-30/h15-18,25-29,31H,2-14,19-24H2,1H3. The molecule has 1 saturated carbocycles. The van der Waals surface area contributed by atoms with Crippen LogP contribution in [0.25, 0.3) is 0 Å². The molecule has 0 N–H and O–H groups in total. The van der Waals surface area contributed by atoms with Gasteiger partial charge in [-0.1, -0.05) is 112 Å². The number of allylic oxidation sites excluding steroid dienone is 2. The van der Waals surface area contributed by atoms with Crippen LogP contribution in [0.4, 0.5) is 0 Å². The van der Waals surface area contributed by atoms with Crippen LogP contribution in [0.15, 0.2) is 59.9 Å². The number of ketones is 2. The molecule has 1 fully saturated rings. The summed E-state index contributed by atoms with van der Waals surface area (Å²) >= 11 is 6.08. The van der Waals surface area contributed by atoms with E-state index in [1.807, 2.05) is 19.1 Å². The van der Waals surface area contributed by atoms with Crippen LogP contribution in [0, 0.1) is 5.92 Å². The molecule has 4 rings (SSSR count). The first-order chi connectivity index (χ1) is 22.9. The Morgan fingerprint density at radius 3 is 1.64 bits per heavy atom. The van der Waals surface area contributed by atoms with Gasteiger partial charge in [0.2, 0.25) is 5.78 Å². The van der Waals surface area contributed by atoms with Crippen LogP contribution in [0.2, 0.25) is 5.02 Å². The van der Waals surface area contributed by atoms with Crippen LogP contribution >= 0.6 is 11.6 Å². The number of rotatable bonds is 19. The van der Waals surface area contributed by atoms with Crippen LogP contribution in [-0.2, 0) is 19.1 Å². The molecule has 6 nitrogen and oxygen atoms in total. The van der Waals surface area contributed by atoms with E-state index in [1.54, 1.807) is 24.3 Å². The summed E-state index contributed by atoms with van der Waals surface area (Å²) in [5.74, 6) is -0.869. The number of ether oxygens (including phenoxy) is 2. The second kappa shape index (κ2) is 19.5. The van der Waals surface area contributed by atoms with E-state index in [4.69, 9.17) is 21.1 Å². The van der Waals surface area contributed by atoms with Gasteiger partial charge in [0.15, 0.2) is 11.5 Å². The Morgan fingerprint density at radius 1 is 0.638 bits per heavy atom. The minimum absolute atomic E-state index is 0.0485. The van der Waals surface area contributed by atoms with Gasteiger partial charge in [-0.05, 0) is 75.0 Å². The third kappa shape index (κ3) is 11.2. The van der Waals surface area contributed by atoms with E-state index in [0.29, 0.717) is 47.1 Å². The van der Waals surface area contributed by atoms with Crippen molar-refractivity contribution >= 4 is 35.1 Å². The number of hydrogen-bond donors (Lipinski definition) is 0. The minimum atomic E-state index is -0.435. The zero-order valence-corrected chi connectivity index (χ0v) is 28.8. The lowest BCUT2D eigenvalue weighted by molar-refractivity contribution is -0.143. The topological polar surface area (TPSA) is 86.7 Å². The van der Waals surface area contributed by atoms with E-state index in [1.165, 1.54) is 44.1 Å². The number of benzene rings is 2. The molecule has 2 aliphatic carbocycles. The van der Waals surface area contributed by atoms with Crippen molar-refractivity contribution in [2.75, 3.05) is 6.61 Å². The third-order valence-electron chi connectivity index (χ3n) is 9.62. The zero-order valence-electron chi connectivity index (χ0n) is 28.0. The molecule has 47 heavy (non-hydrogen) atoms. The summed E-state index contributed by atoms with van der Waals surface area (Å²) in [5, 5.41) is 0.711. The quantitative estimate of drug-likeness (QED) is 0.110. The molecule has 0 bridgehead atoms. The van der Waals surface area contributed by atoms with Crippen molar-refractivity contribution in [1.82, 2.24) is 0 Å². The monoisotopic (exact) mass is 662 g/mol. The predicted octanol–water partition coefficient (Wildman–Crippen LogP) is 10.5. The maximum atomic E-state index is 13.7. The van der Waals surface area contributed by atoms with Gasteiger partial charge in [0.25, 0.3) is 0 Å². The molecule has 0 spiro atoms. The number of carbonyl (C=O) groups excluding carboxylic acids is 4. The normalized spacial score (nSPS) is 17.8. The Bertz CT molecular complexity index is 1370. The smallest absolute Gasteiger partial charge is 0.311 e. The van der Waals surface area contributed by atoms with E-state index in [2.05, 4.69) is 12.1 Å². The summed E-state index contributed by atoms with van der Waals surface area (Å²) in [4.78, 5) is 51.7. The molecule has 0 aromatic heterocycles. The van der Waals surface area contributed by atoms with Gasteiger partial charge >= 0.3 is 11.9 Å². The van der Waals surface area contributed by atoms with Gasteiger partial charge in [0.05, 0.1) is 12.2 Å². The zero-order chi connectivity index (χ0) is 33.4. The Balaban J connectivity index is 1.18. The van der Waals surface area contributed by atoms with E-state index in [9.17, 15) is 19.2 Å². The van der Waals surface area contributed by atoms with Crippen LogP contribution in [0.5, 0.6) is 0 Å². The molecule has 0 heterocycles. The summed E-state index contributed by atoms with van der Waals surface area (Å²) in [6.07, 6.45) is 17.2. The average Bonchev–Trinajstić information content (AvgIpc) is 3.08. The van der Waals surface area contributed by atoms with Crippen molar-refractivity contribution in [1.29, 1.82) is 0 Å². The molecule has 0 atom stereocenters. The maximum absolute atomic E-state index is 13.7. The van der Waals surface area contributed by atoms with Gasteiger partial charge in [0.1, 0.15) is 0 Å². The molecule has 0 aliphatic heterocycles. The first-order valence-corrected chi connectivity index (χ1v) is 18.3. The summed E-state index contributed by atoms with van der Waals surface area (Å²) in [6, 6.07) is 14.8. The lowest BCUT2D eigenvalue weighted by atomic mass is 9.72. The van der Waals surface area contributed by atoms with Crippen molar-refractivity contribution in [2.24, 2.45) is 5.92 Å². The molecule has 2 aromatic carbocycles. The minimum Gasteiger partial charge on any atom is -0.466 e. The maximum Gasteiger partial charge on any atom is 0.311 e. The molecule has 0 amide bonds. The van der Waals surface area contributed by atoms with Gasteiger partial charge < -0.3 is 9.47 Å². The molecule has 0 radical (unpaired) electrons. The van der Waals surface area contributed by atoms with Crippen molar-refractivity contribution in [3.05, 3.63) is 81.6 Å². The van der Waals surface area contributed by atoms with Crippen molar-refractivity contribution in [3.8, 4) is 0 Å². The number of Topliss-reactive ketones (excluding diaryl/α,β-unsaturated/α-hetero) is 2. The molecule has 2 aliphatic rings. The first-order valence-electron chi connectivity index (χ1n) is 17.9. The third-order valence-corrected chi connectivity index (χ3v) is 9.87. The number of unbranched alkanes of at least 4 members (excludes halogenated alkanes) is 11. The Hall–Kier alpha value is -3.25. The van der Waals surface area contributed by atoms with Gasteiger partial charge in [-0.3, -0.25) is 19.2 Å². The van der Waals surface area contributed by atoms with Crippen LogP contribution < -0.4 is 0 Å². The highest BCUT2D eigenvalue weighted by atomic mass is 35.5. The summed E-state index contributed by atoms with van der Waals surface area (Å²) in [7, 11) is 0. The number of esters is 2. The molecule has 7 heteroatoms. The van der Waals surface area contributed by atoms with Gasteiger partial charge in [-0.25, -0.2) is 0 Å². The van der Waals surface area contributed by atoms with Gasteiger partial charge in [-0.2, -0.15) is 0 Å².